The molecule has 0 saturated carbocycles. The van der Waals surface area contributed by atoms with E-state index in [1.807, 2.05) is 10.3 Å². The van der Waals surface area contributed by atoms with Crippen molar-refractivity contribution in [2.75, 3.05) is 11.4 Å². The van der Waals surface area contributed by atoms with Gasteiger partial charge in [-0.25, -0.2) is 9.37 Å². The molecule has 1 N–H and O–H groups in total. The van der Waals surface area contributed by atoms with Crippen molar-refractivity contribution in [3.05, 3.63) is 70.5 Å². The van der Waals surface area contributed by atoms with Crippen LogP contribution in [0.3, 0.4) is 0 Å². The van der Waals surface area contributed by atoms with E-state index in [-0.39, 0.29) is 10.7 Å². The summed E-state index contributed by atoms with van der Waals surface area (Å²) in [6.07, 6.45) is 1.31. The fourth-order valence-corrected chi connectivity index (χ4v) is 4.45. The minimum absolute atomic E-state index is 0.0887. The molecular formula is C18H15FN2O3S2. The van der Waals surface area contributed by atoms with Crippen LogP contribution in [0.4, 0.5) is 15.2 Å². The van der Waals surface area contributed by atoms with Crippen LogP contribution in [-0.2, 0) is 23.0 Å². The fraction of sp³-hybridized carbons (Fsp3) is 0.167. The van der Waals surface area contributed by atoms with Gasteiger partial charge in [0, 0.05) is 24.0 Å². The van der Waals surface area contributed by atoms with Crippen LogP contribution in [0.15, 0.2) is 52.7 Å². The lowest BCUT2D eigenvalue weighted by Gasteiger charge is -2.15. The zero-order valence-corrected chi connectivity index (χ0v) is 15.2. The molecule has 0 saturated heterocycles. The maximum absolute atomic E-state index is 13.0. The van der Waals surface area contributed by atoms with Gasteiger partial charge in [-0.3, -0.25) is 4.55 Å². The molecule has 1 aliphatic rings. The van der Waals surface area contributed by atoms with E-state index in [0.717, 1.165) is 27.6 Å². The number of hydrogen-bond donors (Lipinski definition) is 1. The number of aromatic nitrogens is 1. The standard InChI is InChI=1S/C18H15FN2O3S2/c19-14-3-1-12(2-4-14)9-15-11-25-18(20-15)21-8-7-13-10-16(26(22,23)24)5-6-17(13)21/h1-6,10-11H,7-9H2,(H,22,23,24). The Balaban J connectivity index is 1.57. The zero-order valence-electron chi connectivity index (χ0n) is 13.6. The summed E-state index contributed by atoms with van der Waals surface area (Å²) in [6, 6.07) is 11.0. The van der Waals surface area contributed by atoms with Gasteiger partial charge in [0.2, 0.25) is 0 Å². The van der Waals surface area contributed by atoms with Gasteiger partial charge in [-0.15, -0.1) is 11.3 Å². The first-order chi connectivity index (χ1) is 12.4. The number of benzene rings is 2. The zero-order chi connectivity index (χ0) is 18.3. The normalized spacial score (nSPS) is 13.8. The van der Waals surface area contributed by atoms with E-state index in [1.165, 1.54) is 35.6 Å². The second kappa shape index (κ2) is 6.46. The molecule has 0 atom stereocenters. The van der Waals surface area contributed by atoms with Gasteiger partial charge in [-0.05, 0) is 47.9 Å². The average molecular weight is 390 g/mol. The number of anilines is 2. The first-order valence-electron chi connectivity index (χ1n) is 7.97. The van der Waals surface area contributed by atoms with Gasteiger partial charge in [0.25, 0.3) is 10.1 Å². The smallest absolute Gasteiger partial charge is 0.294 e. The van der Waals surface area contributed by atoms with E-state index in [2.05, 4.69) is 4.98 Å². The van der Waals surface area contributed by atoms with Crippen molar-refractivity contribution in [2.45, 2.75) is 17.7 Å². The van der Waals surface area contributed by atoms with Crippen molar-refractivity contribution in [1.82, 2.24) is 4.98 Å². The molecule has 0 amide bonds. The van der Waals surface area contributed by atoms with Gasteiger partial charge >= 0.3 is 0 Å². The first kappa shape index (κ1) is 17.1. The van der Waals surface area contributed by atoms with Gasteiger partial charge < -0.3 is 4.90 Å². The minimum atomic E-state index is -4.20. The first-order valence-corrected chi connectivity index (χ1v) is 10.3. The highest BCUT2D eigenvalue weighted by Crippen LogP contribution is 2.37. The number of rotatable bonds is 4. The van der Waals surface area contributed by atoms with Gasteiger partial charge in [0.05, 0.1) is 10.6 Å². The highest BCUT2D eigenvalue weighted by molar-refractivity contribution is 7.85. The van der Waals surface area contributed by atoms with Crippen LogP contribution in [0.2, 0.25) is 0 Å². The second-order valence-corrected chi connectivity index (χ2v) is 8.35. The van der Waals surface area contributed by atoms with Crippen LogP contribution in [0.25, 0.3) is 0 Å². The third-order valence-electron chi connectivity index (χ3n) is 4.31. The Morgan fingerprint density at radius 3 is 2.69 bits per heavy atom. The molecule has 5 nitrogen and oxygen atoms in total. The molecule has 0 spiro atoms. The average Bonchev–Trinajstić information content (AvgIpc) is 3.22. The van der Waals surface area contributed by atoms with Crippen molar-refractivity contribution >= 4 is 32.3 Å². The third kappa shape index (κ3) is 3.35. The predicted octanol–water partition coefficient (Wildman–Crippen LogP) is 3.81. The highest BCUT2D eigenvalue weighted by atomic mass is 32.2. The van der Waals surface area contributed by atoms with Crippen LogP contribution in [0, 0.1) is 5.82 Å². The molecule has 1 aromatic heterocycles. The second-order valence-electron chi connectivity index (χ2n) is 6.09. The minimum Gasteiger partial charge on any atom is -0.317 e. The molecule has 0 fully saturated rings. The number of nitrogens with zero attached hydrogens (tertiary/aromatic N) is 2. The SMILES string of the molecule is O=S(=O)(O)c1ccc2c(c1)CCN2c1nc(Cc2ccc(F)cc2)cs1. The molecule has 2 heterocycles. The van der Waals surface area contributed by atoms with Gasteiger partial charge in [0.1, 0.15) is 5.82 Å². The van der Waals surface area contributed by atoms with Crippen LogP contribution in [0.5, 0.6) is 0 Å². The van der Waals surface area contributed by atoms with Gasteiger partial charge in [-0.1, -0.05) is 12.1 Å². The summed E-state index contributed by atoms with van der Waals surface area (Å²) in [5, 5.41) is 2.81. The van der Waals surface area contributed by atoms with E-state index in [0.29, 0.717) is 19.4 Å². The summed E-state index contributed by atoms with van der Waals surface area (Å²) < 4.78 is 44.8. The molecule has 0 radical (unpaired) electrons. The summed E-state index contributed by atoms with van der Waals surface area (Å²) in [6.45, 7) is 0.702. The maximum atomic E-state index is 13.0. The van der Waals surface area contributed by atoms with Crippen molar-refractivity contribution in [2.24, 2.45) is 0 Å². The van der Waals surface area contributed by atoms with Crippen molar-refractivity contribution in [3.8, 4) is 0 Å². The van der Waals surface area contributed by atoms with Crippen LogP contribution >= 0.6 is 11.3 Å². The molecule has 3 aromatic rings. The Morgan fingerprint density at radius 2 is 1.96 bits per heavy atom. The third-order valence-corrected chi connectivity index (χ3v) is 6.08. The largest absolute Gasteiger partial charge is 0.317 e. The lowest BCUT2D eigenvalue weighted by atomic mass is 10.1. The Kier molecular flexibility index (Phi) is 4.26. The van der Waals surface area contributed by atoms with Crippen LogP contribution in [-0.4, -0.2) is 24.5 Å². The monoisotopic (exact) mass is 390 g/mol. The topological polar surface area (TPSA) is 70.5 Å². The van der Waals surface area contributed by atoms with Crippen molar-refractivity contribution in [1.29, 1.82) is 0 Å². The Hall–Kier alpha value is -2.29. The van der Waals surface area contributed by atoms with Crippen LogP contribution < -0.4 is 4.90 Å². The molecule has 1 aliphatic heterocycles. The summed E-state index contributed by atoms with van der Waals surface area (Å²) in [4.78, 5) is 6.62. The fourth-order valence-electron chi connectivity index (χ4n) is 3.05. The summed E-state index contributed by atoms with van der Waals surface area (Å²) >= 11 is 1.52. The molecule has 0 unspecified atom stereocenters. The lowest BCUT2D eigenvalue weighted by Crippen LogP contribution is -2.13. The van der Waals surface area contributed by atoms with Crippen molar-refractivity contribution < 1.29 is 17.4 Å². The molecule has 0 bridgehead atoms. The van der Waals surface area contributed by atoms with Crippen LogP contribution in [0.1, 0.15) is 16.8 Å². The number of fused-ring (bicyclic) bond motifs is 1. The molecular weight excluding hydrogens is 375 g/mol. The van der Waals surface area contributed by atoms with E-state index in [4.69, 9.17) is 0 Å². The Bertz CT molecular complexity index is 1060. The van der Waals surface area contributed by atoms with E-state index in [1.54, 1.807) is 18.2 Å². The number of halogens is 1. The molecule has 0 aliphatic carbocycles. The number of hydrogen-bond acceptors (Lipinski definition) is 5. The summed E-state index contributed by atoms with van der Waals surface area (Å²) in [7, 11) is -4.20. The Labute approximate surface area is 154 Å². The Morgan fingerprint density at radius 1 is 1.19 bits per heavy atom. The van der Waals surface area contributed by atoms with Crippen molar-refractivity contribution in [3.63, 3.8) is 0 Å². The van der Waals surface area contributed by atoms with Gasteiger partial charge in [0.15, 0.2) is 5.13 Å². The molecule has 4 rings (SSSR count). The summed E-state index contributed by atoms with van der Waals surface area (Å²) in [5.41, 5.74) is 3.66. The quantitative estimate of drug-likeness (QED) is 0.686. The van der Waals surface area contributed by atoms with Gasteiger partial charge in [-0.2, -0.15) is 8.42 Å². The molecule has 2 aromatic carbocycles. The van der Waals surface area contributed by atoms with E-state index in [9.17, 15) is 17.4 Å². The predicted molar refractivity (Wildman–Crippen MR) is 98.3 cm³/mol. The summed E-state index contributed by atoms with van der Waals surface area (Å²) in [5.74, 6) is -0.259. The molecule has 8 heteroatoms. The maximum Gasteiger partial charge on any atom is 0.294 e. The lowest BCUT2D eigenvalue weighted by molar-refractivity contribution is 0.483. The highest BCUT2D eigenvalue weighted by Gasteiger charge is 2.24. The number of thiazole rings is 1. The molecule has 26 heavy (non-hydrogen) atoms. The molecule has 134 valence electrons. The van der Waals surface area contributed by atoms with E-state index >= 15 is 0 Å². The van der Waals surface area contributed by atoms with E-state index < -0.39 is 10.1 Å².